The van der Waals surface area contributed by atoms with Gasteiger partial charge in [0.25, 0.3) is 0 Å². The molecule has 0 unspecified atom stereocenters. The molecule has 8 heteroatoms. The molecule has 1 fully saturated rings. The highest BCUT2D eigenvalue weighted by Gasteiger charge is 2.30. The van der Waals surface area contributed by atoms with Crippen LogP contribution in [0.25, 0.3) is 11.2 Å². The number of aromatic nitrogens is 3. The van der Waals surface area contributed by atoms with Crippen LogP contribution in [0.1, 0.15) is 19.3 Å². The van der Waals surface area contributed by atoms with Crippen molar-refractivity contribution >= 4 is 28.9 Å². The zero-order chi connectivity index (χ0) is 15.5. The van der Waals surface area contributed by atoms with Gasteiger partial charge in [0.15, 0.2) is 11.5 Å². The number of aromatic amines is 1. The summed E-state index contributed by atoms with van der Waals surface area (Å²) < 4.78 is 0. The molecule has 0 saturated heterocycles. The lowest BCUT2D eigenvalue weighted by molar-refractivity contribution is -0.124. The molecule has 22 heavy (non-hydrogen) atoms. The lowest BCUT2D eigenvalue weighted by Gasteiger charge is -2.13. The summed E-state index contributed by atoms with van der Waals surface area (Å²) in [5, 5.41) is 8.19. The summed E-state index contributed by atoms with van der Waals surface area (Å²) in [5.74, 6) is 0.408. The first kappa shape index (κ1) is 14.3. The van der Waals surface area contributed by atoms with E-state index in [1.54, 1.807) is 19.3 Å². The molecular weight excluding hydrogens is 284 g/mol. The molecule has 8 nitrogen and oxygen atoms in total. The van der Waals surface area contributed by atoms with Crippen molar-refractivity contribution in [3.63, 3.8) is 0 Å². The number of H-pyrrole nitrogens is 1. The third kappa shape index (κ3) is 3.00. The van der Waals surface area contributed by atoms with Gasteiger partial charge in [-0.05, 0) is 25.3 Å². The number of urea groups is 1. The van der Waals surface area contributed by atoms with Gasteiger partial charge < -0.3 is 15.6 Å². The second-order valence-electron chi connectivity index (χ2n) is 5.39. The van der Waals surface area contributed by atoms with Crippen LogP contribution in [0.2, 0.25) is 0 Å². The molecule has 2 heterocycles. The molecule has 1 aliphatic rings. The molecule has 2 aromatic heterocycles. The Morgan fingerprint density at radius 3 is 3.05 bits per heavy atom. The molecule has 1 aliphatic carbocycles. The van der Waals surface area contributed by atoms with Gasteiger partial charge in [-0.15, -0.1) is 0 Å². The molecule has 4 N–H and O–H groups in total. The van der Waals surface area contributed by atoms with Crippen molar-refractivity contribution in [1.29, 1.82) is 0 Å². The summed E-state index contributed by atoms with van der Waals surface area (Å²) in [6, 6.07) is 1.47. The smallest absolute Gasteiger partial charge is 0.320 e. The highest BCUT2D eigenvalue weighted by molar-refractivity contribution is 5.89. The summed E-state index contributed by atoms with van der Waals surface area (Å²) >= 11 is 0. The zero-order valence-corrected chi connectivity index (χ0v) is 12.2. The number of rotatable bonds is 3. The molecule has 2 atom stereocenters. The van der Waals surface area contributed by atoms with E-state index in [1.807, 2.05) is 0 Å². The van der Waals surface area contributed by atoms with E-state index >= 15 is 0 Å². The minimum atomic E-state index is -0.327. The lowest BCUT2D eigenvalue weighted by Crippen LogP contribution is -2.37. The van der Waals surface area contributed by atoms with Crippen LogP contribution >= 0.6 is 0 Å². The first-order chi connectivity index (χ1) is 10.7. The van der Waals surface area contributed by atoms with Crippen LogP contribution in [-0.2, 0) is 4.79 Å². The van der Waals surface area contributed by atoms with Crippen LogP contribution in [0.15, 0.2) is 18.5 Å². The van der Waals surface area contributed by atoms with Gasteiger partial charge in [-0.2, -0.15) is 0 Å². The van der Waals surface area contributed by atoms with Gasteiger partial charge in [-0.25, -0.2) is 14.8 Å². The normalized spacial score (nSPS) is 20.8. The Bertz CT molecular complexity index is 697. The quantitative estimate of drug-likeness (QED) is 0.677. The fourth-order valence-electron chi connectivity index (χ4n) is 2.78. The molecule has 2 aromatic rings. The fraction of sp³-hybridized carbons (Fsp3) is 0.429. The molecule has 0 aromatic carbocycles. The summed E-state index contributed by atoms with van der Waals surface area (Å²) in [5.41, 5.74) is 1.37. The van der Waals surface area contributed by atoms with Crippen molar-refractivity contribution in [3.8, 4) is 0 Å². The minimum Gasteiger partial charge on any atom is -0.359 e. The van der Waals surface area contributed by atoms with Crippen LogP contribution in [-0.4, -0.2) is 40.0 Å². The average Bonchev–Trinajstić information content (AvgIpc) is 3.14. The Labute approximate surface area is 127 Å². The van der Waals surface area contributed by atoms with Crippen molar-refractivity contribution in [3.05, 3.63) is 18.5 Å². The molecule has 0 radical (unpaired) electrons. The Hall–Kier alpha value is -2.64. The van der Waals surface area contributed by atoms with Crippen molar-refractivity contribution in [2.24, 2.45) is 5.92 Å². The third-order valence-corrected chi connectivity index (χ3v) is 3.89. The molecule has 0 spiro atoms. The first-order valence-electron chi connectivity index (χ1n) is 7.25. The molecule has 116 valence electrons. The fourth-order valence-corrected chi connectivity index (χ4v) is 2.78. The lowest BCUT2D eigenvalue weighted by atomic mass is 10.1. The van der Waals surface area contributed by atoms with Crippen molar-refractivity contribution in [2.75, 3.05) is 12.4 Å². The highest BCUT2D eigenvalue weighted by atomic mass is 16.2. The van der Waals surface area contributed by atoms with Crippen LogP contribution < -0.4 is 16.0 Å². The van der Waals surface area contributed by atoms with Gasteiger partial charge in [-0.1, -0.05) is 0 Å². The minimum absolute atomic E-state index is 0.00579. The number of carbonyl (C=O) groups is 2. The largest absolute Gasteiger partial charge is 0.359 e. The molecular formula is C14H18N6O2. The van der Waals surface area contributed by atoms with Gasteiger partial charge in [0.05, 0.1) is 6.20 Å². The van der Waals surface area contributed by atoms with E-state index in [0.29, 0.717) is 23.4 Å². The predicted molar refractivity (Wildman–Crippen MR) is 81.2 cm³/mol. The maximum Gasteiger partial charge on any atom is 0.320 e. The number of amides is 3. The average molecular weight is 302 g/mol. The Balaban J connectivity index is 1.55. The maximum atomic E-state index is 12.0. The van der Waals surface area contributed by atoms with Gasteiger partial charge in [0.1, 0.15) is 5.52 Å². The topological polar surface area (TPSA) is 112 Å². The number of hydrogen-bond acceptors (Lipinski definition) is 4. The van der Waals surface area contributed by atoms with E-state index in [1.165, 1.54) is 6.20 Å². The van der Waals surface area contributed by atoms with E-state index in [9.17, 15) is 9.59 Å². The van der Waals surface area contributed by atoms with E-state index in [4.69, 9.17) is 0 Å². The molecule has 0 aliphatic heterocycles. The molecule has 1 saturated carbocycles. The van der Waals surface area contributed by atoms with Crippen molar-refractivity contribution < 1.29 is 9.59 Å². The van der Waals surface area contributed by atoms with E-state index < -0.39 is 0 Å². The monoisotopic (exact) mass is 302 g/mol. The van der Waals surface area contributed by atoms with Gasteiger partial charge >= 0.3 is 6.03 Å². The maximum absolute atomic E-state index is 12.0. The van der Waals surface area contributed by atoms with Crippen LogP contribution in [0.3, 0.4) is 0 Å². The van der Waals surface area contributed by atoms with Crippen LogP contribution in [0.4, 0.5) is 10.6 Å². The van der Waals surface area contributed by atoms with Crippen LogP contribution in [0, 0.1) is 5.92 Å². The SMILES string of the molecule is CNC(=O)[C@H]1CC[C@H](NC(=O)Nc2cnc3[nH]ccc3n2)C1. The summed E-state index contributed by atoms with van der Waals surface area (Å²) in [7, 11) is 1.63. The Kier molecular flexibility index (Phi) is 3.90. The summed E-state index contributed by atoms with van der Waals surface area (Å²) in [6.07, 6.45) is 5.50. The molecule has 0 bridgehead atoms. The number of fused-ring (bicyclic) bond motifs is 1. The Morgan fingerprint density at radius 2 is 2.23 bits per heavy atom. The van der Waals surface area contributed by atoms with E-state index in [-0.39, 0.29) is 23.9 Å². The number of carbonyl (C=O) groups excluding carboxylic acids is 2. The predicted octanol–water partition coefficient (Wildman–Crippen LogP) is 0.994. The van der Waals surface area contributed by atoms with Crippen molar-refractivity contribution in [1.82, 2.24) is 25.6 Å². The number of anilines is 1. The first-order valence-corrected chi connectivity index (χ1v) is 7.25. The Morgan fingerprint density at radius 1 is 1.36 bits per heavy atom. The second kappa shape index (κ2) is 6.00. The number of nitrogens with zero attached hydrogens (tertiary/aromatic N) is 2. The standard InChI is InChI=1S/C14H18N6O2/c1-15-13(21)8-2-3-9(6-8)18-14(22)20-11-7-17-12-10(19-11)4-5-16-12/h4-5,7-9H,2-3,6H2,1H3,(H,15,21)(H,16,17)(H2,18,19,20,22)/t8-,9-/m0/s1. The van der Waals surface area contributed by atoms with E-state index in [2.05, 4.69) is 30.9 Å². The second-order valence-corrected chi connectivity index (χ2v) is 5.39. The third-order valence-electron chi connectivity index (χ3n) is 3.89. The summed E-state index contributed by atoms with van der Waals surface area (Å²) in [6.45, 7) is 0. The van der Waals surface area contributed by atoms with E-state index in [0.717, 1.165) is 12.8 Å². The van der Waals surface area contributed by atoms with Crippen LogP contribution in [0.5, 0.6) is 0 Å². The molecule has 3 rings (SSSR count). The van der Waals surface area contributed by atoms with Crippen molar-refractivity contribution in [2.45, 2.75) is 25.3 Å². The highest BCUT2D eigenvalue weighted by Crippen LogP contribution is 2.25. The molecule has 3 amide bonds. The van der Waals surface area contributed by atoms with Gasteiger partial charge in [0, 0.05) is 25.2 Å². The number of nitrogens with one attached hydrogen (secondary N) is 4. The number of hydrogen-bond donors (Lipinski definition) is 4. The zero-order valence-electron chi connectivity index (χ0n) is 12.2. The van der Waals surface area contributed by atoms with Gasteiger partial charge in [0.2, 0.25) is 5.91 Å². The van der Waals surface area contributed by atoms with Gasteiger partial charge in [-0.3, -0.25) is 10.1 Å². The summed E-state index contributed by atoms with van der Waals surface area (Å²) in [4.78, 5) is 34.9.